The second kappa shape index (κ2) is 9.67. The first-order chi connectivity index (χ1) is 15.7. The van der Waals surface area contributed by atoms with Crippen molar-refractivity contribution < 1.29 is 9.47 Å². The molecule has 3 heterocycles. The first kappa shape index (κ1) is 21.5. The standard InChI is InChI=1S/C23H25Cl2N5O2/c24-18-2-4-21(32-16-5-7-26-8-6-16)22-17(18)14-27-23(29-22)28-15-1-3-20(19(25)13-15)30-9-11-31-12-10-30/h1-4,13-14,16,26H,5-12H2,(H,27,28,29). The largest absolute Gasteiger partial charge is 0.488 e. The van der Waals surface area contributed by atoms with Gasteiger partial charge in [-0.15, -0.1) is 0 Å². The van der Waals surface area contributed by atoms with E-state index in [9.17, 15) is 0 Å². The molecule has 0 saturated carbocycles. The second-order valence-electron chi connectivity index (χ2n) is 7.96. The number of nitrogens with one attached hydrogen (secondary N) is 2. The zero-order valence-electron chi connectivity index (χ0n) is 17.6. The first-order valence-electron chi connectivity index (χ1n) is 10.9. The van der Waals surface area contributed by atoms with Crippen LogP contribution in [-0.4, -0.2) is 55.5 Å². The molecule has 0 aliphatic carbocycles. The summed E-state index contributed by atoms with van der Waals surface area (Å²) in [5.74, 6) is 1.19. The van der Waals surface area contributed by atoms with Crippen LogP contribution in [0.3, 0.4) is 0 Å². The highest BCUT2D eigenvalue weighted by Crippen LogP contribution is 2.33. The molecule has 2 N–H and O–H groups in total. The van der Waals surface area contributed by atoms with Crippen molar-refractivity contribution in [3.8, 4) is 5.75 Å². The number of morpholine rings is 1. The van der Waals surface area contributed by atoms with Crippen LogP contribution in [-0.2, 0) is 4.74 Å². The van der Waals surface area contributed by atoms with Crippen LogP contribution >= 0.6 is 23.2 Å². The number of anilines is 3. The van der Waals surface area contributed by atoms with Gasteiger partial charge >= 0.3 is 0 Å². The summed E-state index contributed by atoms with van der Waals surface area (Å²) < 4.78 is 11.7. The van der Waals surface area contributed by atoms with Gasteiger partial charge in [0, 0.05) is 30.4 Å². The van der Waals surface area contributed by atoms with Gasteiger partial charge in [0.25, 0.3) is 0 Å². The van der Waals surface area contributed by atoms with E-state index in [4.69, 9.17) is 37.7 Å². The number of aromatic nitrogens is 2. The zero-order valence-corrected chi connectivity index (χ0v) is 19.1. The molecule has 1 aromatic heterocycles. The first-order valence-corrected chi connectivity index (χ1v) is 11.6. The number of fused-ring (bicyclic) bond motifs is 1. The Morgan fingerprint density at radius 3 is 2.66 bits per heavy atom. The molecule has 7 nitrogen and oxygen atoms in total. The second-order valence-corrected chi connectivity index (χ2v) is 8.77. The van der Waals surface area contributed by atoms with Gasteiger partial charge in [-0.3, -0.25) is 0 Å². The highest BCUT2D eigenvalue weighted by atomic mass is 35.5. The van der Waals surface area contributed by atoms with Gasteiger partial charge in [0.15, 0.2) is 0 Å². The van der Waals surface area contributed by atoms with Crippen molar-refractivity contribution in [1.29, 1.82) is 0 Å². The van der Waals surface area contributed by atoms with Gasteiger partial charge in [-0.2, -0.15) is 0 Å². The maximum absolute atomic E-state index is 6.57. The van der Waals surface area contributed by atoms with Crippen molar-refractivity contribution in [3.05, 3.63) is 46.6 Å². The number of hydrogen-bond acceptors (Lipinski definition) is 7. The molecule has 2 aliphatic heterocycles. The number of halogens is 2. The van der Waals surface area contributed by atoms with Gasteiger partial charge in [0.05, 0.1) is 28.9 Å². The molecule has 168 valence electrons. The Morgan fingerprint density at radius 1 is 1.06 bits per heavy atom. The maximum atomic E-state index is 6.57. The van der Waals surface area contributed by atoms with Crippen LogP contribution in [0.2, 0.25) is 10.0 Å². The SMILES string of the molecule is Clc1cc(Nc2ncc3c(Cl)ccc(OC4CCNCC4)c3n2)ccc1N1CCOCC1. The Labute approximate surface area is 197 Å². The molecule has 2 fully saturated rings. The fourth-order valence-electron chi connectivity index (χ4n) is 4.08. The Balaban J connectivity index is 1.39. The minimum Gasteiger partial charge on any atom is -0.488 e. The highest BCUT2D eigenvalue weighted by Gasteiger charge is 2.18. The molecule has 2 aliphatic rings. The Bertz CT molecular complexity index is 1100. The number of rotatable bonds is 5. The quantitative estimate of drug-likeness (QED) is 0.558. The summed E-state index contributed by atoms with van der Waals surface area (Å²) in [5, 5.41) is 8.66. The molecule has 0 radical (unpaired) electrons. The van der Waals surface area contributed by atoms with Gasteiger partial charge in [-0.25, -0.2) is 9.97 Å². The number of benzene rings is 2. The van der Waals surface area contributed by atoms with Crippen LogP contribution in [0.4, 0.5) is 17.3 Å². The fourth-order valence-corrected chi connectivity index (χ4v) is 4.59. The summed E-state index contributed by atoms with van der Waals surface area (Å²) >= 11 is 13.0. The summed E-state index contributed by atoms with van der Waals surface area (Å²) in [5.41, 5.74) is 2.52. The Hall–Kier alpha value is -2.32. The van der Waals surface area contributed by atoms with Crippen molar-refractivity contribution >= 4 is 51.4 Å². The molecule has 5 rings (SSSR count). The summed E-state index contributed by atoms with van der Waals surface area (Å²) in [6, 6.07) is 9.61. The van der Waals surface area contributed by atoms with E-state index in [1.807, 2.05) is 30.3 Å². The number of ether oxygens (including phenoxy) is 2. The number of piperidine rings is 1. The lowest BCUT2D eigenvalue weighted by atomic mass is 10.1. The number of nitrogens with zero attached hydrogens (tertiary/aromatic N) is 3. The molecule has 0 atom stereocenters. The van der Waals surface area contributed by atoms with Crippen LogP contribution in [0.1, 0.15) is 12.8 Å². The van der Waals surface area contributed by atoms with Crippen LogP contribution in [0.25, 0.3) is 10.9 Å². The summed E-state index contributed by atoms with van der Waals surface area (Å²) in [4.78, 5) is 11.4. The predicted octanol–water partition coefficient (Wildman–Crippen LogP) is 4.65. The van der Waals surface area contributed by atoms with Gasteiger partial charge in [0.1, 0.15) is 17.4 Å². The van der Waals surface area contributed by atoms with Crippen molar-refractivity contribution in [3.63, 3.8) is 0 Å². The maximum Gasteiger partial charge on any atom is 0.227 e. The van der Waals surface area contributed by atoms with E-state index < -0.39 is 0 Å². The average molecular weight is 474 g/mol. The van der Waals surface area contributed by atoms with E-state index in [0.717, 1.165) is 61.5 Å². The lowest BCUT2D eigenvalue weighted by molar-refractivity contribution is 0.122. The highest BCUT2D eigenvalue weighted by molar-refractivity contribution is 6.35. The molecule has 2 aromatic carbocycles. The van der Waals surface area contributed by atoms with Crippen molar-refractivity contribution in [2.45, 2.75) is 18.9 Å². The molecular formula is C23H25Cl2N5O2. The van der Waals surface area contributed by atoms with Crippen LogP contribution in [0.5, 0.6) is 5.75 Å². The van der Waals surface area contributed by atoms with E-state index in [1.54, 1.807) is 6.20 Å². The lowest BCUT2D eigenvalue weighted by Gasteiger charge is -2.29. The van der Waals surface area contributed by atoms with Gasteiger partial charge in [-0.05, 0) is 56.3 Å². The molecule has 9 heteroatoms. The van der Waals surface area contributed by atoms with Gasteiger partial charge < -0.3 is 25.0 Å². The predicted molar refractivity (Wildman–Crippen MR) is 129 cm³/mol. The van der Waals surface area contributed by atoms with E-state index in [0.29, 0.717) is 34.7 Å². The topological polar surface area (TPSA) is 71.5 Å². The molecule has 0 bridgehead atoms. The summed E-state index contributed by atoms with van der Waals surface area (Å²) in [7, 11) is 0. The van der Waals surface area contributed by atoms with Gasteiger partial charge in [-0.1, -0.05) is 23.2 Å². The molecule has 3 aromatic rings. The van der Waals surface area contributed by atoms with Crippen molar-refractivity contribution in [2.24, 2.45) is 0 Å². The molecule has 32 heavy (non-hydrogen) atoms. The monoisotopic (exact) mass is 473 g/mol. The third kappa shape index (κ3) is 4.71. The van der Waals surface area contributed by atoms with E-state index in [1.165, 1.54) is 0 Å². The van der Waals surface area contributed by atoms with Crippen molar-refractivity contribution in [1.82, 2.24) is 15.3 Å². The molecule has 0 unspecified atom stereocenters. The Kier molecular flexibility index (Phi) is 6.50. The molecular weight excluding hydrogens is 449 g/mol. The zero-order chi connectivity index (χ0) is 21.9. The fraction of sp³-hybridized carbons (Fsp3) is 0.391. The number of hydrogen-bond donors (Lipinski definition) is 2. The van der Waals surface area contributed by atoms with Crippen LogP contribution < -0.4 is 20.3 Å². The normalized spacial score (nSPS) is 17.5. The van der Waals surface area contributed by atoms with Crippen molar-refractivity contribution in [2.75, 3.05) is 49.6 Å². The third-order valence-electron chi connectivity index (χ3n) is 5.80. The lowest BCUT2D eigenvalue weighted by Crippen LogP contribution is -2.36. The minimum absolute atomic E-state index is 0.165. The van der Waals surface area contributed by atoms with E-state index in [-0.39, 0.29) is 6.10 Å². The summed E-state index contributed by atoms with van der Waals surface area (Å²) in [6.07, 6.45) is 3.83. The van der Waals surface area contributed by atoms with Crippen LogP contribution in [0, 0.1) is 0 Å². The smallest absolute Gasteiger partial charge is 0.227 e. The third-order valence-corrected chi connectivity index (χ3v) is 6.43. The summed E-state index contributed by atoms with van der Waals surface area (Å²) in [6.45, 7) is 5.01. The van der Waals surface area contributed by atoms with E-state index in [2.05, 4.69) is 20.5 Å². The average Bonchev–Trinajstić information content (AvgIpc) is 2.82. The van der Waals surface area contributed by atoms with Crippen LogP contribution in [0.15, 0.2) is 36.5 Å². The van der Waals surface area contributed by atoms with Gasteiger partial charge in [0.2, 0.25) is 5.95 Å². The Morgan fingerprint density at radius 2 is 1.88 bits per heavy atom. The molecule has 0 amide bonds. The molecule has 2 saturated heterocycles. The minimum atomic E-state index is 0.165. The van der Waals surface area contributed by atoms with E-state index >= 15 is 0 Å². The molecule has 0 spiro atoms.